The number of thiophene rings is 1. The molecular formula is C22H26N4OS. The maximum Gasteiger partial charge on any atom is 0.141 e. The molecule has 28 heavy (non-hydrogen) atoms. The Bertz CT molecular complexity index is 966. The number of nitrogens with zero attached hydrogens (tertiary/aromatic N) is 4. The first-order valence-electron chi connectivity index (χ1n) is 10.2. The van der Waals surface area contributed by atoms with Crippen molar-refractivity contribution in [2.24, 2.45) is 0 Å². The van der Waals surface area contributed by atoms with Gasteiger partial charge in [0.2, 0.25) is 0 Å². The predicted octanol–water partition coefficient (Wildman–Crippen LogP) is 3.50. The Labute approximate surface area is 170 Å². The summed E-state index contributed by atoms with van der Waals surface area (Å²) in [5.41, 5.74) is 2.74. The molecule has 0 radical (unpaired) electrons. The van der Waals surface area contributed by atoms with Crippen LogP contribution in [0.25, 0.3) is 10.2 Å². The number of hydrogen-bond donors (Lipinski definition) is 0. The Hall–Kier alpha value is -2.02. The Kier molecular flexibility index (Phi) is 5.01. The Morgan fingerprint density at radius 1 is 1.07 bits per heavy atom. The van der Waals surface area contributed by atoms with E-state index in [-0.39, 0.29) is 0 Å². The van der Waals surface area contributed by atoms with Crippen molar-refractivity contribution in [3.63, 3.8) is 0 Å². The topological polar surface area (TPSA) is 41.5 Å². The van der Waals surface area contributed by atoms with Crippen LogP contribution < -0.4 is 4.90 Å². The van der Waals surface area contributed by atoms with E-state index in [0.29, 0.717) is 0 Å². The molecule has 6 heteroatoms. The summed E-state index contributed by atoms with van der Waals surface area (Å²) in [6.07, 6.45) is 1.87. The number of anilines is 1. The third-order valence-corrected chi connectivity index (χ3v) is 6.88. The molecule has 146 valence electrons. The lowest BCUT2D eigenvalue weighted by Gasteiger charge is -2.30. The molecule has 0 atom stereocenters. The van der Waals surface area contributed by atoms with Gasteiger partial charge in [-0.15, -0.1) is 11.3 Å². The minimum absolute atomic E-state index is 0.773. The van der Waals surface area contributed by atoms with Crippen LogP contribution in [-0.2, 0) is 24.1 Å². The van der Waals surface area contributed by atoms with Crippen molar-refractivity contribution in [1.82, 2.24) is 14.9 Å². The third-order valence-electron chi connectivity index (χ3n) is 5.77. The highest BCUT2D eigenvalue weighted by Gasteiger charge is 2.26. The summed E-state index contributed by atoms with van der Waals surface area (Å²) in [7, 11) is 0. The molecule has 4 heterocycles. The predicted molar refractivity (Wildman–Crippen MR) is 114 cm³/mol. The molecule has 0 saturated carbocycles. The molecule has 0 bridgehead atoms. The van der Waals surface area contributed by atoms with Gasteiger partial charge >= 0.3 is 0 Å². The average molecular weight is 395 g/mol. The zero-order valence-corrected chi connectivity index (χ0v) is 17.2. The third kappa shape index (κ3) is 3.41. The van der Waals surface area contributed by atoms with E-state index < -0.39 is 0 Å². The van der Waals surface area contributed by atoms with Gasteiger partial charge < -0.3 is 9.64 Å². The van der Waals surface area contributed by atoms with Crippen molar-refractivity contribution in [2.75, 3.05) is 44.3 Å². The SMILES string of the molecule is CCN1CCc2c(sc3nc(Cc4ccccc4)nc(N4CCOCC4)c23)C1. The summed E-state index contributed by atoms with van der Waals surface area (Å²) in [4.78, 5) is 17.7. The highest BCUT2D eigenvalue weighted by Crippen LogP contribution is 2.39. The van der Waals surface area contributed by atoms with Gasteiger partial charge in [0.1, 0.15) is 16.5 Å². The fourth-order valence-corrected chi connectivity index (χ4v) is 5.48. The molecule has 1 aromatic carbocycles. The molecule has 1 saturated heterocycles. The van der Waals surface area contributed by atoms with Crippen LogP contribution in [0.15, 0.2) is 30.3 Å². The molecule has 2 aliphatic rings. The largest absolute Gasteiger partial charge is 0.378 e. The normalized spacial score (nSPS) is 17.8. The van der Waals surface area contributed by atoms with Gasteiger partial charge in [-0.05, 0) is 24.1 Å². The zero-order valence-electron chi connectivity index (χ0n) is 16.4. The summed E-state index contributed by atoms with van der Waals surface area (Å²) in [5.74, 6) is 2.05. The van der Waals surface area contributed by atoms with Gasteiger partial charge in [0, 0.05) is 37.5 Å². The highest BCUT2D eigenvalue weighted by molar-refractivity contribution is 7.19. The number of fused-ring (bicyclic) bond motifs is 3. The smallest absolute Gasteiger partial charge is 0.141 e. The van der Waals surface area contributed by atoms with Gasteiger partial charge in [-0.25, -0.2) is 9.97 Å². The second kappa shape index (κ2) is 7.78. The van der Waals surface area contributed by atoms with Crippen molar-refractivity contribution in [2.45, 2.75) is 26.3 Å². The van der Waals surface area contributed by atoms with E-state index in [1.165, 1.54) is 21.4 Å². The summed E-state index contributed by atoms with van der Waals surface area (Å²) < 4.78 is 5.59. The molecule has 0 spiro atoms. The van der Waals surface area contributed by atoms with Crippen LogP contribution in [0, 0.1) is 0 Å². The van der Waals surface area contributed by atoms with Crippen molar-refractivity contribution in [3.05, 3.63) is 52.2 Å². The van der Waals surface area contributed by atoms with Crippen molar-refractivity contribution in [1.29, 1.82) is 0 Å². The van der Waals surface area contributed by atoms with Crippen molar-refractivity contribution < 1.29 is 4.74 Å². The van der Waals surface area contributed by atoms with Crippen LogP contribution in [-0.4, -0.2) is 54.3 Å². The van der Waals surface area contributed by atoms with Gasteiger partial charge in [0.05, 0.1) is 18.6 Å². The number of ether oxygens (including phenoxy) is 1. The Balaban J connectivity index is 1.61. The van der Waals surface area contributed by atoms with Crippen LogP contribution in [0.4, 0.5) is 5.82 Å². The van der Waals surface area contributed by atoms with Crippen molar-refractivity contribution >= 4 is 27.4 Å². The minimum Gasteiger partial charge on any atom is -0.378 e. The number of likely N-dealkylation sites (N-methyl/N-ethyl adjacent to an activating group) is 1. The first-order valence-corrected chi connectivity index (χ1v) is 11.0. The maximum absolute atomic E-state index is 5.59. The number of rotatable bonds is 4. The fourth-order valence-electron chi connectivity index (χ4n) is 4.20. The summed E-state index contributed by atoms with van der Waals surface area (Å²) in [6.45, 7) is 8.88. The molecule has 3 aromatic rings. The molecule has 5 nitrogen and oxygen atoms in total. The minimum atomic E-state index is 0.773. The lowest BCUT2D eigenvalue weighted by molar-refractivity contribution is 0.122. The van der Waals surface area contributed by atoms with Crippen LogP contribution in [0.5, 0.6) is 0 Å². The zero-order chi connectivity index (χ0) is 18.9. The number of morpholine rings is 1. The second-order valence-corrected chi connectivity index (χ2v) is 8.61. The van der Waals surface area contributed by atoms with E-state index >= 15 is 0 Å². The van der Waals surface area contributed by atoms with E-state index in [1.54, 1.807) is 0 Å². The van der Waals surface area contributed by atoms with Gasteiger partial charge in [-0.2, -0.15) is 0 Å². The van der Waals surface area contributed by atoms with Gasteiger partial charge in [0.25, 0.3) is 0 Å². The van der Waals surface area contributed by atoms with Crippen LogP contribution >= 0.6 is 11.3 Å². The van der Waals surface area contributed by atoms with E-state index in [4.69, 9.17) is 14.7 Å². The lowest BCUT2D eigenvalue weighted by atomic mass is 10.0. The first-order chi connectivity index (χ1) is 13.8. The van der Waals surface area contributed by atoms with Crippen LogP contribution in [0.2, 0.25) is 0 Å². The van der Waals surface area contributed by atoms with E-state index in [2.05, 4.69) is 47.1 Å². The number of aromatic nitrogens is 2. The fraction of sp³-hybridized carbons (Fsp3) is 0.455. The van der Waals surface area contributed by atoms with Gasteiger partial charge in [-0.1, -0.05) is 37.3 Å². The van der Waals surface area contributed by atoms with Crippen LogP contribution in [0.3, 0.4) is 0 Å². The average Bonchev–Trinajstić information content (AvgIpc) is 3.12. The molecule has 0 unspecified atom stereocenters. The summed E-state index contributed by atoms with van der Waals surface area (Å²) >= 11 is 1.87. The monoisotopic (exact) mass is 394 g/mol. The molecule has 2 aromatic heterocycles. The highest BCUT2D eigenvalue weighted by atomic mass is 32.1. The Morgan fingerprint density at radius 3 is 2.68 bits per heavy atom. The summed E-state index contributed by atoms with van der Waals surface area (Å²) in [5, 5.41) is 1.30. The molecular weight excluding hydrogens is 368 g/mol. The number of benzene rings is 1. The van der Waals surface area contributed by atoms with Crippen molar-refractivity contribution in [3.8, 4) is 0 Å². The quantitative estimate of drug-likeness (QED) is 0.678. The lowest BCUT2D eigenvalue weighted by Crippen LogP contribution is -2.37. The summed E-state index contributed by atoms with van der Waals surface area (Å²) in [6, 6.07) is 10.5. The molecule has 5 rings (SSSR count). The van der Waals surface area contributed by atoms with E-state index in [9.17, 15) is 0 Å². The van der Waals surface area contributed by atoms with E-state index in [0.717, 1.165) is 75.3 Å². The maximum atomic E-state index is 5.59. The first kappa shape index (κ1) is 18.0. The molecule has 1 fully saturated rings. The molecule has 0 N–H and O–H groups in total. The van der Waals surface area contributed by atoms with Gasteiger partial charge in [0.15, 0.2) is 0 Å². The standard InChI is InChI=1S/C22H26N4OS/c1-2-25-9-8-17-18(15-25)28-22-20(17)21(26-10-12-27-13-11-26)23-19(24-22)14-16-6-4-3-5-7-16/h3-7H,2,8-15H2,1H3. The van der Waals surface area contributed by atoms with Gasteiger partial charge in [-0.3, -0.25) is 4.90 Å². The molecule has 0 aliphatic carbocycles. The van der Waals surface area contributed by atoms with Crippen LogP contribution in [0.1, 0.15) is 28.8 Å². The molecule has 2 aliphatic heterocycles. The number of hydrogen-bond acceptors (Lipinski definition) is 6. The Morgan fingerprint density at radius 2 is 1.89 bits per heavy atom. The molecule has 0 amide bonds. The van der Waals surface area contributed by atoms with E-state index in [1.807, 2.05) is 11.3 Å². The second-order valence-electron chi connectivity index (χ2n) is 7.53.